The van der Waals surface area contributed by atoms with Crippen LogP contribution in [-0.4, -0.2) is 38.6 Å². The summed E-state index contributed by atoms with van der Waals surface area (Å²) >= 11 is 1.73. The molecule has 22 heavy (non-hydrogen) atoms. The SMILES string of the molecule is CC(NC(=O)C1CSCN1)c1cn(-c2ccccc2)nn1.Cl. The van der Waals surface area contributed by atoms with Crippen molar-refractivity contribution < 1.29 is 4.79 Å². The summed E-state index contributed by atoms with van der Waals surface area (Å²) in [5.41, 5.74) is 1.70. The van der Waals surface area contributed by atoms with Crippen LogP contribution < -0.4 is 10.6 Å². The van der Waals surface area contributed by atoms with E-state index in [1.807, 2.05) is 43.5 Å². The van der Waals surface area contributed by atoms with Crippen molar-refractivity contribution in [3.63, 3.8) is 0 Å². The number of nitrogens with zero attached hydrogens (tertiary/aromatic N) is 3. The second-order valence-electron chi connectivity index (χ2n) is 4.93. The normalized spacial score (nSPS) is 18.5. The summed E-state index contributed by atoms with van der Waals surface area (Å²) in [6.07, 6.45) is 1.84. The first kappa shape index (κ1) is 16.8. The highest BCUT2D eigenvalue weighted by Crippen LogP contribution is 2.14. The highest BCUT2D eigenvalue weighted by Gasteiger charge is 2.24. The summed E-state index contributed by atoms with van der Waals surface area (Å²) in [6.45, 7) is 1.92. The van der Waals surface area contributed by atoms with E-state index in [0.717, 1.165) is 23.0 Å². The van der Waals surface area contributed by atoms with E-state index in [1.165, 1.54) is 0 Å². The van der Waals surface area contributed by atoms with Crippen molar-refractivity contribution in [3.8, 4) is 5.69 Å². The van der Waals surface area contributed by atoms with Crippen LogP contribution in [0.4, 0.5) is 0 Å². The van der Waals surface area contributed by atoms with Crippen molar-refractivity contribution in [1.29, 1.82) is 0 Å². The lowest BCUT2D eigenvalue weighted by Crippen LogP contribution is -2.43. The molecule has 0 saturated carbocycles. The monoisotopic (exact) mass is 339 g/mol. The third kappa shape index (κ3) is 3.79. The molecule has 2 heterocycles. The van der Waals surface area contributed by atoms with Gasteiger partial charge in [0.2, 0.25) is 5.91 Å². The molecule has 0 aliphatic carbocycles. The Balaban J connectivity index is 0.00000176. The van der Waals surface area contributed by atoms with Crippen LogP contribution in [0.25, 0.3) is 5.69 Å². The molecule has 1 fully saturated rings. The van der Waals surface area contributed by atoms with E-state index in [-0.39, 0.29) is 30.4 Å². The smallest absolute Gasteiger partial charge is 0.238 e. The predicted molar refractivity (Wildman–Crippen MR) is 89.4 cm³/mol. The van der Waals surface area contributed by atoms with E-state index in [4.69, 9.17) is 0 Å². The molecule has 1 aromatic carbocycles. The van der Waals surface area contributed by atoms with Crippen LogP contribution in [0.5, 0.6) is 0 Å². The molecule has 2 atom stereocenters. The second-order valence-corrected chi connectivity index (χ2v) is 5.96. The number of amides is 1. The maximum absolute atomic E-state index is 12.1. The van der Waals surface area contributed by atoms with Gasteiger partial charge in [0.15, 0.2) is 0 Å². The van der Waals surface area contributed by atoms with Crippen LogP contribution in [0.3, 0.4) is 0 Å². The van der Waals surface area contributed by atoms with Crippen LogP contribution in [0.1, 0.15) is 18.7 Å². The van der Waals surface area contributed by atoms with Gasteiger partial charge in [0.1, 0.15) is 5.69 Å². The first-order chi connectivity index (χ1) is 10.2. The molecule has 0 radical (unpaired) electrons. The van der Waals surface area contributed by atoms with Gasteiger partial charge in [-0.1, -0.05) is 23.4 Å². The molecule has 2 unspecified atom stereocenters. The van der Waals surface area contributed by atoms with Crippen molar-refractivity contribution in [2.24, 2.45) is 0 Å². The average molecular weight is 340 g/mol. The van der Waals surface area contributed by atoms with Gasteiger partial charge in [-0.15, -0.1) is 29.3 Å². The maximum atomic E-state index is 12.1. The number of halogens is 1. The Morgan fingerprint density at radius 1 is 1.45 bits per heavy atom. The van der Waals surface area contributed by atoms with Gasteiger partial charge in [0.05, 0.1) is 24.0 Å². The number of carbonyl (C=O) groups excluding carboxylic acids is 1. The van der Waals surface area contributed by atoms with Gasteiger partial charge in [-0.3, -0.25) is 10.1 Å². The molecule has 6 nitrogen and oxygen atoms in total. The van der Waals surface area contributed by atoms with Crippen molar-refractivity contribution in [2.45, 2.75) is 19.0 Å². The van der Waals surface area contributed by atoms with Crippen LogP contribution in [-0.2, 0) is 4.79 Å². The number of benzene rings is 1. The van der Waals surface area contributed by atoms with E-state index in [0.29, 0.717) is 0 Å². The highest BCUT2D eigenvalue weighted by atomic mass is 35.5. The summed E-state index contributed by atoms with van der Waals surface area (Å²) in [4.78, 5) is 12.1. The van der Waals surface area contributed by atoms with Crippen LogP contribution in [0.2, 0.25) is 0 Å². The lowest BCUT2D eigenvalue weighted by Gasteiger charge is -2.14. The average Bonchev–Trinajstić information content (AvgIpc) is 3.20. The Bertz CT molecular complexity index is 615. The largest absolute Gasteiger partial charge is 0.346 e. The van der Waals surface area contributed by atoms with Gasteiger partial charge in [-0.2, -0.15) is 0 Å². The number of rotatable bonds is 4. The molecule has 2 aromatic rings. The summed E-state index contributed by atoms with van der Waals surface area (Å²) in [6, 6.07) is 9.50. The Kier molecular flexibility index (Phi) is 5.82. The topological polar surface area (TPSA) is 71.8 Å². The van der Waals surface area contributed by atoms with Crippen molar-refractivity contribution in [1.82, 2.24) is 25.6 Å². The van der Waals surface area contributed by atoms with E-state index in [9.17, 15) is 4.79 Å². The second kappa shape index (κ2) is 7.62. The van der Waals surface area contributed by atoms with Crippen LogP contribution in [0.15, 0.2) is 36.5 Å². The molecule has 118 valence electrons. The van der Waals surface area contributed by atoms with Crippen molar-refractivity contribution in [3.05, 3.63) is 42.2 Å². The fraction of sp³-hybridized carbons (Fsp3) is 0.357. The summed E-state index contributed by atoms with van der Waals surface area (Å²) in [5.74, 6) is 1.66. The number of hydrogen-bond donors (Lipinski definition) is 2. The molecule has 3 rings (SSSR count). The first-order valence-corrected chi connectivity index (χ1v) is 7.98. The third-order valence-electron chi connectivity index (χ3n) is 3.37. The lowest BCUT2D eigenvalue weighted by atomic mass is 10.2. The Labute approximate surface area is 139 Å². The highest BCUT2D eigenvalue weighted by molar-refractivity contribution is 7.99. The minimum Gasteiger partial charge on any atom is -0.346 e. The molecular formula is C14H18ClN5OS. The van der Waals surface area contributed by atoms with Gasteiger partial charge in [0.25, 0.3) is 0 Å². The third-order valence-corrected chi connectivity index (χ3v) is 4.31. The molecule has 0 spiro atoms. The van der Waals surface area contributed by atoms with E-state index >= 15 is 0 Å². The Hall–Kier alpha value is -1.57. The van der Waals surface area contributed by atoms with Crippen LogP contribution in [0, 0.1) is 0 Å². The van der Waals surface area contributed by atoms with E-state index in [2.05, 4.69) is 20.9 Å². The zero-order valence-corrected chi connectivity index (χ0v) is 13.7. The fourth-order valence-corrected chi connectivity index (χ4v) is 3.08. The number of thioether (sulfide) groups is 1. The van der Waals surface area contributed by atoms with Crippen LogP contribution >= 0.6 is 24.2 Å². The molecule has 1 amide bonds. The number of aromatic nitrogens is 3. The number of nitrogens with one attached hydrogen (secondary N) is 2. The Morgan fingerprint density at radius 3 is 2.91 bits per heavy atom. The standard InChI is InChI=1S/C14H17N5OS.ClH/c1-10(16-14(20)13-8-21-9-15-13)12-7-19(18-17-12)11-5-3-2-4-6-11;/h2-7,10,13,15H,8-9H2,1H3,(H,16,20);1H. The number of carbonyl (C=O) groups is 1. The van der Waals surface area contributed by atoms with Gasteiger partial charge >= 0.3 is 0 Å². The molecule has 1 saturated heterocycles. The fourth-order valence-electron chi connectivity index (χ4n) is 2.13. The number of hydrogen-bond acceptors (Lipinski definition) is 5. The molecule has 0 bridgehead atoms. The molecule has 2 N–H and O–H groups in total. The molecular weight excluding hydrogens is 322 g/mol. The molecule has 8 heteroatoms. The molecule has 1 aliphatic heterocycles. The number of para-hydroxylation sites is 1. The summed E-state index contributed by atoms with van der Waals surface area (Å²) in [7, 11) is 0. The lowest BCUT2D eigenvalue weighted by molar-refractivity contribution is -0.123. The molecule has 1 aliphatic rings. The summed E-state index contributed by atoms with van der Waals surface area (Å²) in [5, 5.41) is 14.4. The Morgan fingerprint density at radius 2 is 2.23 bits per heavy atom. The molecule has 1 aromatic heterocycles. The van der Waals surface area contributed by atoms with Gasteiger partial charge in [0, 0.05) is 11.6 Å². The first-order valence-electron chi connectivity index (χ1n) is 6.83. The zero-order chi connectivity index (χ0) is 14.7. The van der Waals surface area contributed by atoms with E-state index in [1.54, 1.807) is 16.4 Å². The maximum Gasteiger partial charge on any atom is 0.238 e. The van der Waals surface area contributed by atoms with Gasteiger partial charge in [-0.25, -0.2) is 4.68 Å². The van der Waals surface area contributed by atoms with Crippen molar-refractivity contribution >= 4 is 30.1 Å². The predicted octanol–water partition coefficient (Wildman–Crippen LogP) is 1.53. The minimum atomic E-state index is -0.164. The zero-order valence-electron chi connectivity index (χ0n) is 12.1. The van der Waals surface area contributed by atoms with Gasteiger partial charge < -0.3 is 5.32 Å². The minimum absolute atomic E-state index is 0. The quantitative estimate of drug-likeness (QED) is 0.884. The van der Waals surface area contributed by atoms with E-state index < -0.39 is 0 Å². The van der Waals surface area contributed by atoms with Crippen molar-refractivity contribution in [2.75, 3.05) is 11.6 Å². The summed E-state index contributed by atoms with van der Waals surface area (Å²) < 4.78 is 1.71. The van der Waals surface area contributed by atoms with Gasteiger partial charge in [-0.05, 0) is 19.1 Å².